The molecule has 2 N–H and O–H groups in total. The molecule has 1 amide bonds. The third kappa shape index (κ3) is 3.30. The van der Waals surface area contributed by atoms with Crippen LogP contribution in [0.25, 0.3) is 0 Å². The first kappa shape index (κ1) is 15.2. The van der Waals surface area contributed by atoms with Crippen molar-refractivity contribution in [3.05, 3.63) is 33.9 Å². The summed E-state index contributed by atoms with van der Waals surface area (Å²) < 4.78 is 0. The Kier molecular flexibility index (Phi) is 4.74. The summed E-state index contributed by atoms with van der Waals surface area (Å²) in [5, 5.41) is 23.8. The first-order chi connectivity index (χ1) is 10.0. The number of anilines is 1. The molecular weight excluding hydrogens is 274 g/mol. The Morgan fingerprint density at radius 2 is 2.33 bits per heavy atom. The Morgan fingerprint density at radius 1 is 1.57 bits per heavy atom. The number of rotatable bonds is 5. The maximum Gasteiger partial charge on any atom is 0.305 e. The lowest BCUT2D eigenvalue weighted by Gasteiger charge is -2.16. The van der Waals surface area contributed by atoms with Gasteiger partial charge in [0.1, 0.15) is 11.3 Å². The molecule has 0 saturated carbocycles. The van der Waals surface area contributed by atoms with Crippen molar-refractivity contribution in [3.63, 3.8) is 0 Å². The summed E-state index contributed by atoms with van der Waals surface area (Å²) >= 11 is 0. The summed E-state index contributed by atoms with van der Waals surface area (Å²) in [5.41, 5.74) is 0.222. The fraction of sp³-hybridized carbons (Fsp3) is 0.500. The first-order valence-corrected chi connectivity index (χ1v) is 7.03. The lowest BCUT2D eigenvalue weighted by atomic mass is 10.1. The molecule has 1 aliphatic heterocycles. The van der Waals surface area contributed by atoms with Crippen LogP contribution in [0.3, 0.4) is 0 Å². The van der Waals surface area contributed by atoms with Crippen LogP contribution in [-0.4, -0.2) is 46.6 Å². The third-order valence-corrected chi connectivity index (χ3v) is 3.47. The quantitative estimate of drug-likeness (QED) is 0.635. The van der Waals surface area contributed by atoms with E-state index in [1.54, 1.807) is 12.1 Å². The zero-order chi connectivity index (χ0) is 15.4. The van der Waals surface area contributed by atoms with Gasteiger partial charge in [0.15, 0.2) is 0 Å². The molecule has 7 nitrogen and oxygen atoms in total. The summed E-state index contributed by atoms with van der Waals surface area (Å²) in [7, 11) is 0. The predicted molar refractivity (Wildman–Crippen MR) is 78.4 cm³/mol. The Hall–Kier alpha value is -2.15. The maximum atomic E-state index is 12.4. The van der Waals surface area contributed by atoms with Crippen molar-refractivity contribution in [2.45, 2.75) is 25.9 Å². The van der Waals surface area contributed by atoms with Crippen LogP contribution in [0.2, 0.25) is 0 Å². The number of hydrogen-bond acceptors (Lipinski definition) is 5. The SMILES string of the molecule is CCCNc1cccc(C(=O)N2CCC(O)C2)c1[N+](=O)[O-]. The van der Waals surface area contributed by atoms with E-state index in [9.17, 15) is 20.0 Å². The summed E-state index contributed by atoms with van der Waals surface area (Å²) in [6.07, 6.45) is 0.787. The van der Waals surface area contributed by atoms with E-state index in [-0.39, 0.29) is 17.8 Å². The highest BCUT2D eigenvalue weighted by Gasteiger charge is 2.31. The lowest BCUT2D eigenvalue weighted by molar-refractivity contribution is -0.384. The number of likely N-dealkylation sites (tertiary alicyclic amines) is 1. The summed E-state index contributed by atoms with van der Waals surface area (Å²) in [6.45, 7) is 3.20. The number of nitro groups is 1. The van der Waals surface area contributed by atoms with Gasteiger partial charge >= 0.3 is 5.69 Å². The number of β-amino-alcohol motifs (C(OH)–C–C–N with tert-alkyl or cyclic N) is 1. The van der Waals surface area contributed by atoms with Crippen LogP contribution >= 0.6 is 0 Å². The molecule has 1 unspecified atom stereocenters. The van der Waals surface area contributed by atoms with Crippen molar-refractivity contribution >= 4 is 17.3 Å². The lowest BCUT2D eigenvalue weighted by Crippen LogP contribution is -2.30. The monoisotopic (exact) mass is 293 g/mol. The number of nitrogens with one attached hydrogen (secondary N) is 1. The minimum atomic E-state index is -0.547. The second kappa shape index (κ2) is 6.53. The van der Waals surface area contributed by atoms with Crippen molar-refractivity contribution < 1.29 is 14.8 Å². The summed E-state index contributed by atoms with van der Waals surface area (Å²) in [4.78, 5) is 24.7. The van der Waals surface area contributed by atoms with Gasteiger partial charge in [-0.15, -0.1) is 0 Å². The smallest absolute Gasteiger partial charge is 0.305 e. The van der Waals surface area contributed by atoms with Gasteiger partial charge in [0.2, 0.25) is 0 Å². The highest BCUT2D eigenvalue weighted by atomic mass is 16.6. The summed E-state index contributed by atoms with van der Waals surface area (Å²) in [5.74, 6) is -0.404. The minimum absolute atomic E-state index is 0.0650. The van der Waals surface area contributed by atoms with E-state index in [4.69, 9.17) is 0 Å². The molecule has 1 heterocycles. The second-order valence-corrected chi connectivity index (χ2v) is 5.08. The Labute approximate surface area is 122 Å². The molecule has 114 valence electrons. The van der Waals surface area contributed by atoms with Crippen LogP contribution in [-0.2, 0) is 0 Å². The van der Waals surface area contributed by atoms with Gasteiger partial charge in [-0.05, 0) is 25.0 Å². The van der Waals surface area contributed by atoms with E-state index in [0.29, 0.717) is 25.2 Å². The van der Waals surface area contributed by atoms with Crippen LogP contribution < -0.4 is 5.32 Å². The van der Waals surface area contributed by atoms with Crippen LogP contribution in [0.4, 0.5) is 11.4 Å². The van der Waals surface area contributed by atoms with Gasteiger partial charge in [-0.3, -0.25) is 14.9 Å². The van der Waals surface area contributed by atoms with Crippen LogP contribution in [0.1, 0.15) is 30.1 Å². The Balaban J connectivity index is 2.33. The van der Waals surface area contributed by atoms with E-state index in [1.165, 1.54) is 11.0 Å². The number of benzene rings is 1. The van der Waals surface area contributed by atoms with Crippen molar-refractivity contribution in [1.82, 2.24) is 4.90 Å². The Morgan fingerprint density at radius 3 is 2.90 bits per heavy atom. The average molecular weight is 293 g/mol. The molecule has 1 aliphatic rings. The predicted octanol–water partition coefficient (Wildman–Crippen LogP) is 1.62. The van der Waals surface area contributed by atoms with E-state index >= 15 is 0 Å². The van der Waals surface area contributed by atoms with Gasteiger partial charge in [-0.25, -0.2) is 0 Å². The van der Waals surface area contributed by atoms with E-state index < -0.39 is 16.9 Å². The van der Waals surface area contributed by atoms with E-state index in [1.807, 2.05) is 6.92 Å². The fourth-order valence-electron chi connectivity index (χ4n) is 2.41. The van der Waals surface area contributed by atoms with Gasteiger partial charge in [0.05, 0.1) is 11.0 Å². The van der Waals surface area contributed by atoms with Gasteiger partial charge in [-0.2, -0.15) is 0 Å². The number of nitro benzene ring substituents is 1. The zero-order valence-corrected chi connectivity index (χ0v) is 11.9. The van der Waals surface area contributed by atoms with Crippen LogP contribution in [0, 0.1) is 10.1 Å². The molecule has 0 spiro atoms. The third-order valence-electron chi connectivity index (χ3n) is 3.47. The minimum Gasteiger partial charge on any atom is -0.391 e. The van der Waals surface area contributed by atoms with Crippen LogP contribution in [0.15, 0.2) is 18.2 Å². The van der Waals surface area contributed by atoms with Crippen LogP contribution in [0.5, 0.6) is 0 Å². The molecule has 1 atom stereocenters. The number of amides is 1. The van der Waals surface area contributed by atoms with Crippen molar-refractivity contribution in [2.24, 2.45) is 0 Å². The highest BCUT2D eigenvalue weighted by molar-refractivity contribution is 6.00. The number of aliphatic hydroxyl groups is 1. The largest absolute Gasteiger partial charge is 0.391 e. The molecule has 1 aromatic carbocycles. The standard InChI is InChI=1S/C14H19N3O4/c1-2-7-15-12-5-3-4-11(13(12)17(20)21)14(19)16-8-6-10(18)9-16/h3-5,10,15,18H,2,6-9H2,1H3. The molecule has 0 aliphatic carbocycles. The molecule has 0 radical (unpaired) electrons. The molecular formula is C14H19N3O4. The average Bonchev–Trinajstić information content (AvgIpc) is 2.90. The second-order valence-electron chi connectivity index (χ2n) is 5.08. The molecule has 1 fully saturated rings. The summed E-state index contributed by atoms with van der Waals surface area (Å²) in [6, 6.07) is 4.69. The number of hydrogen-bond donors (Lipinski definition) is 2. The normalized spacial score (nSPS) is 17.8. The zero-order valence-electron chi connectivity index (χ0n) is 11.9. The van der Waals surface area contributed by atoms with Gasteiger partial charge < -0.3 is 15.3 Å². The molecule has 0 bridgehead atoms. The number of carbonyl (C=O) groups excluding carboxylic acids is 1. The highest BCUT2D eigenvalue weighted by Crippen LogP contribution is 2.30. The topological polar surface area (TPSA) is 95.7 Å². The van der Waals surface area contributed by atoms with Crippen molar-refractivity contribution in [3.8, 4) is 0 Å². The number of carbonyl (C=O) groups is 1. The maximum absolute atomic E-state index is 12.4. The van der Waals surface area contributed by atoms with Crippen molar-refractivity contribution in [2.75, 3.05) is 25.0 Å². The van der Waals surface area contributed by atoms with Gasteiger partial charge in [0, 0.05) is 19.6 Å². The number of aliphatic hydroxyl groups excluding tert-OH is 1. The van der Waals surface area contributed by atoms with E-state index in [2.05, 4.69) is 5.32 Å². The molecule has 21 heavy (non-hydrogen) atoms. The molecule has 2 rings (SSSR count). The molecule has 1 aromatic rings. The van der Waals surface area contributed by atoms with Gasteiger partial charge in [-0.1, -0.05) is 13.0 Å². The molecule has 0 aromatic heterocycles. The molecule has 7 heteroatoms. The Bertz CT molecular complexity index is 547. The first-order valence-electron chi connectivity index (χ1n) is 7.03. The van der Waals surface area contributed by atoms with E-state index in [0.717, 1.165) is 6.42 Å². The number of para-hydroxylation sites is 1. The van der Waals surface area contributed by atoms with Crippen molar-refractivity contribution in [1.29, 1.82) is 0 Å². The van der Waals surface area contributed by atoms with Gasteiger partial charge in [0.25, 0.3) is 5.91 Å². The fourth-order valence-corrected chi connectivity index (χ4v) is 2.41. The molecule has 1 saturated heterocycles. The number of nitrogens with zero attached hydrogens (tertiary/aromatic N) is 2.